The molecule has 190 valence electrons. The Bertz CT molecular complexity index is 1300. The Balaban J connectivity index is 1.57. The molecule has 8 heteroatoms. The van der Waals surface area contributed by atoms with E-state index in [4.69, 9.17) is 4.74 Å². The number of amides is 1. The van der Waals surface area contributed by atoms with Gasteiger partial charge in [-0.3, -0.25) is 4.98 Å². The van der Waals surface area contributed by atoms with Crippen LogP contribution in [0.5, 0.6) is 0 Å². The molecule has 0 bridgehead atoms. The van der Waals surface area contributed by atoms with Crippen molar-refractivity contribution in [2.24, 2.45) is 0 Å². The largest absolute Gasteiger partial charge is 0.444 e. The highest BCUT2D eigenvalue weighted by Crippen LogP contribution is 2.33. The molecule has 1 amide bonds. The fourth-order valence-corrected chi connectivity index (χ4v) is 4.28. The van der Waals surface area contributed by atoms with E-state index in [1.54, 1.807) is 24.1 Å². The fourth-order valence-electron chi connectivity index (χ4n) is 4.28. The van der Waals surface area contributed by atoms with Gasteiger partial charge >= 0.3 is 6.09 Å². The van der Waals surface area contributed by atoms with Crippen LogP contribution in [0.4, 0.5) is 23.7 Å². The van der Waals surface area contributed by atoms with Crippen LogP contribution >= 0.6 is 0 Å². The fraction of sp³-hybridized carbons (Fsp3) is 0.357. The van der Waals surface area contributed by atoms with Crippen LogP contribution in [0.3, 0.4) is 0 Å². The minimum atomic E-state index is -2.88. The number of anilines is 1. The molecular weight excluding hydrogens is 467 g/mol. The van der Waals surface area contributed by atoms with E-state index in [1.165, 1.54) is 12.1 Å². The minimum absolute atomic E-state index is 0.172. The molecule has 1 atom stereocenters. The summed E-state index contributed by atoms with van der Waals surface area (Å²) in [5.74, 6) is -0.895. The molecule has 0 unspecified atom stereocenters. The van der Waals surface area contributed by atoms with Gasteiger partial charge in [0, 0.05) is 35.9 Å². The number of alkyl halides is 2. The quantitative estimate of drug-likeness (QED) is 0.396. The Labute approximate surface area is 209 Å². The second kappa shape index (κ2) is 10.2. The Morgan fingerprint density at radius 2 is 1.89 bits per heavy atom. The predicted molar refractivity (Wildman–Crippen MR) is 136 cm³/mol. The van der Waals surface area contributed by atoms with Crippen LogP contribution in [0.2, 0.25) is 0 Å². The number of nitrogens with one attached hydrogen (secondary N) is 1. The number of fused-ring (bicyclic) bond motifs is 1. The van der Waals surface area contributed by atoms with E-state index < -0.39 is 29.4 Å². The van der Waals surface area contributed by atoms with Crippen LogP contribution in [0, 0.1) is 5.82 Å². The summed E-state index contributed by atoms with van der Waals surface area (Å²) in [5.41, 5.74) is 2.61. The lowest BCUT2D eigenvalue weighted by Crippen LogP contribution is -2.39. The minimum Gasteiger partial charge on any atom is -0.444 e. The summed E-state index contributed by atoms with van der Waals surface area (Å²) in [5, 5.41) is 4.10. The summed E-state index contributed by atoms with van der Waals surface area (Å²) in [4.78, 5) is 18.5. The highest BCUT2D eigenvalue weighted by molar-refractivity contribution is 5.93. The number of carbonyl (C=O) groups is 1. The van der Waals surface area contributed by atoms with Crippen LogP contribution in [0.15, 0.2) is 54.7 Å². The van der Waals surface area contributed by atoms with Gasteiger partial charge in [-0.1, -0.05) is 30.3 Å². The van der Waals surface area contributed by atoms with E-state index in [1.807, 2.05) is 45.0 Å². The highest BCUT2D eigenvalue weighted by atomic mass is 19.3. The third-order valence-corrected chi connectivity index (χ3v) is 6.11. The van der Waals surface area contributed by atoms with E-state index in [9.17, 15) is 18.0 Å². The number of pyridine rings is 1. The molecule has 4 rings (SSSR count). The number of hydrogen-bond donors (Lipinski definition) is 1. The van der Waals surface area contributed by atoms with Crippen molar-refractivity contribution in [3.05, 3.63) is 77.2 Å². The van der Waals surface area contributed by atoms with Gasteiger partial charge in [-0.2, -0.15) is 0 Å². The number of carbonyl (C=O) groups excluding carboxylic acids is 1. The average Bonchev–Trinajstić information content (AvgIpc) is 2.83. The number of ether oxygens (including phenoxy) is 1. The SMILES string of the molecule is C[C@@H](Nc1ccnc2ccc(C3=CCN(C(=O)OC(C)(C)C)CC3)cc12)c1cccc(C(F)F)c1F. The smallest absolute Gasteiger partial charge is 0.410 e. The number of aromatic nitrogens is 1. The maximum atomic E-state index is 14.7. The van der Waals surface area contributed by atoms with Crippen molar-refractivity contribution in [3.8, 4) is 0 Å². The lowest BCUT2D eigenvalue weighted by Gasteiger charge is -2.29. The normalized spacial score (nSPS) is 15.1. The van der Waals surface area contributed by atoms with E-state index in [2.05, 4.69) is 10.3 Å². The van der Waals surface area contributed by atoms with Gasteiger partial charge in [0.15, 0.2) is 0 Å². The standard InChI is InChI=1S/C28H30F3N3O2/c1-17(20-6-5-7-21(25(20)29)26(30)31)33-24-10-13-32-23-9-8-19(16-22(23)24)18-11-14-34(15-12-18)27(35)36-28(2,3)4/h5-11,13,16-17,26H,12,14-15H2,1-4H3,(H,32,33)/t17-/m1/s1. The summed E-state index contributed by atoms with van der Waals surface area (Å²) < 4.78 is 46.5. The topological polar surface area (TPSA) is 54.5 Å². The molecule has 0 fully saturated rings. The third kappa shape index (κ3) is 5.64. The lowest BCUT2D eigenvalue weighted by atomic mass is 9.97. The van der Waals surface area contributed by atoms with Gasteiger partial charge < -0.3 is 15.0 Å². The van der Waals surface area contributed by atoms with Crippen LogP contribution in [-0.4, -0.2) is 34.7 Å². The van der Waals surface area contributed by atoms with Crippen molar-refractivity contribution >= 4 is 28.3 Å². The highest BCUT2D eigenvalue weighted by Gasteiger charge is 2.24. The molecule has 0 aliphatic carbocycles. The van der Waals surface area contributed by atoms with Crippen molar-refractivity contribution in [1.29, 1.82) is 0 Å². The van der Waals surface area contributed by atoms with Crippen molar-refractivity contribution < 1.29 is 22.7 Å². The van der Waals surface area contributed by atoms with Gasteiger partial charge in [0.2, 0.25) is 0 Å². The van der Waals surface area contributed by atoms with Crippen LogP contribution < -0.4 is 5.32 Å². The molecule has 0 saturated heterocycles. The maximum absolute atomic E-state index is 14.7. The zero-order valence-corrected chi connectivity index (χ0v) is 20.8. The average molecular weight is 498 g/mol. The zero-order valence-electron chi connectivity index (χ0n) is 20.8. The van der Waals surface area contributed by atoms with Crippen LogP contribution in [0.1, 0.15) is 63.3 Å². The summed E-state index contributed by atoms with van der Waals surface area (Å²) >= 11 is 0. The monoisotopic (exact) mass is 497 g/mol. The van der Waals surface area contributed by atoms with Gasteiger partial charge in [0.05, 0.1) is 17.1 Å². The number of rotatable bonds is 5. The Morgan fingerprint density at radius 1 is 1.14 bits per heavy atom. The van der Waals surface area contributed by atoms with Crippen LogP contribution in [-0.2, 0) is 4.74 Å². The van der Waals surface area contributed by atoms with Gasteiger partial charge in [-0.25, -0.2) is 18.0 Å². The Kier molecular flexibility index (Phi) is 7.24. The number of nitrogens with zero attached hydrogens (tertiary/aromatic N) is 2. The number of hydrogen-bond acceptors (Lipinski definition) is 4. The molecule has 2 aromatic carbocycles. The van der Waals surface area contributed by atoms with Crippen molar-refractivity contribution in [3.63, 3.8) is 0 Å². The van der Waals surface area contributed by atoms with E-state index in [0.29, 0.717) is 19.5 Å². The first kappa shape index (κ1) is 25.5. The number of benzene rings is 2. The lowest BCUT2D eigenvalue weighted by molar-refractivity contribution is 0.0270. The van der Waals surface area contributed by atoms with Crippen molar-refractivity contribution in [2.45, 2.75) is 52.2 Å². The Hall–Kier alpha value is -3.55. The predicted octanol–water partition coefficient (Wildman–Crippen LogP) is 7.51. The molecule has 36 heavy (non-hydrogen) atoms. The molecule has 0 saturated carbocycles. The summed E-state index contributed by atoms with van der Waals surface area (Å²) in [7, 11) is 0. The molecule has 1 aromatic heterocycles. The van der Waals surface area contributed by atoms with E-state index >= 15 is 0 Å². The second-order valence-electron chi connectivity index (χ2n) is 9.91. The maximum Gasteiger partial charge on any atom is 0.410 e. The van der Waals surface area contributed by atoms with E-state index in [0.717, 1.165) is 33.8 Å². The molecular formula is C28H30F3N3O2. The van der Waals surface area contributed by atoms with Gasteiger partial charge in [-0.05, 0) is 63.5 Å². The summed E-state index contributed by atoms with van der Waals surface area (Å²) in [6, 6.07) is 11.2. The molecule has 1 aliphatic heterocycles. The molecule has 1 aliphatic rings. The zero-order chi connectivity index (χ0) is 26.0. The van der Waals surface area contributed by atoms with Crippen molar-refractivity contribution in [2.75, 3.05) is 18.4 Å². The summed E-state index contributed by atoms with van der Waals surface area (Å²) in [6.07, 6.45) is 1.14. The van der Waals surface area contributed by atoms with Crippen molar-refractivity contribution in [1.82, 2.24) is 9.88 Å². The molecule has 5 nitrogen and oxygen atoms in total. The molecule has 0 spiro atoms. The second-order valence-corrected chi connectivity index (χ2v) is 9.91. The Morgan fingerprint density at radius 3 is 2.56 bits per heavy atom. The van der Waals surface area contributed by atoms with Gasteiger partial charge in [-0.15, -0.1) is 0 Å². The molecule has 2 heterocycles. The first-order chi connectivity index (χ1) is 17.0. The summed E-state index contributed by atoms with van der Waals surface area (Å²) in [6.45, 7) is 8.27. The van der Waals surface area contributed by atoms with E-state index in [-0.39, 0.29) is 11.7 Å². The van der Waals surface area contributed by atoms with Gasteiger partial charge in [0.1, 0.15) is 11.4 Å². The first-order valence-electron chi connectivity index (χ1n) is 11.9. The number of halogens is 3. The molecule has 0 radical (unpaired) electrons. The van der Waals surface area contributed by atoms with Crippen LogP contribution in [0.25, 0.3) is 16.5 Å². The van der Waals surface area contributed by atoms with Gasteiger partial charge in [0.25, 0.3) is 6.43 Å². The molecule has 1 N–H and O–H groups in total. The first-order valence-corrected chi connectivity index (χ1v) is 11.9. The third-order valence-electron chi connectivity index (χ3n) is 6.11. The molecule has 3 aromatic rings.